The minimum Gasteiger partial charge on any atom is -0.448 e. The lowest BCUT2D eigenvalue weighted by atomic mass is 9.96. The monoisotopic (exact) mass is 210 g/mol. The fourth-order valence-corrected chi connectivity index (χ4v) is 2.48. The van der Waals surface area contributed by atoms with Gasteiger partial charge in [0.15, 0.2) is 0 Å². The number of ether oxygens (including phenoxy) is 2. The first-order chi connectivity index (χ1) is 7.84. The predicted octanol–water partition coefficient (Wildman–Crippen LogP) is 2.87. The molecule has 2 aliphatic rings. The van der Waals surface area contributed by atoms with Crippen LogP contribution in [0.15, 0.2) is 48.5 Å². The topological polar surface area (TPSA) is 18.5 Å². The van der Waals surface area contributed by atoms with Gasteiger partial charge in [0.1, 0.15) is 11.5 Å². The number of hydrogen-bond donors (Lipinski definition) is 0. The summed E-state index contributed by atoms with van der Waals surface area (Å²) < 4.78 is 11.9. The zero-order valence-corrected chi connectivity index (χ0v) is 8.64. The maximum atomic E-state index is 5.97. The van der Waals surface area contributed by atoms with E-state index in [0.717, 1.165) is 23.5 Å². The first-order valence-electron chi connectivity index (χ1n) is 5.42. The van der Waals surface area contributed by atoms with E-state index in [-0.39, 0.29) is 0 Å². The lowest BCUT2D eigenvalue weighted by Gasteiger charge is -2.34. The molecular formula is C14H10O2. The summed E-state index contributed by atoms with van der Waals surface area (Å²) in [6, 6.07) is 16.2. The zero-order valence-electron chi connectivity index (χ0n) is 8.64. The van der Waals surface area contributed by atoms with E-state index >= 15 is 0 Å². The Labute approximate surface area is 93.4 Å². The van der Waals surface area contributed by atoms with Crippen LogP contribution < -0.4 is 9.47 Å². The summed E-state index contributed by atoms with van der Waals surface area (Å²) in [6.45, 7) is 0. The fourth-order valence-electron chi connectivity index (χ4n) is 2.48. The molecule has 2 aromatic carbocycles. The van der Waals surface area contributed by atoms with Crippen molar-refractivity contribution in [2.24, 2.45) is 0 Å². The van der Waals surface area contributed by atoms with Crippen LogP contribution in [0.2, 0.25) is 0 Å². The molecule has 0 N–H and O–H groups in total. The summed E-state index contributed by atoms with van der Waals surface area (Å²) in [5, 5.41) is 0. The van der Waals surface area contributed by atoms with Crippen molar-refractivity contribution in [2.75, 3.05) is 0 Å². The molecule has 2 heteroatoms. The summed E-state index contributed by atoms with van der Waals surface area (Å²) >= 11 is 0. The lowest BCUT2D eigenvalue weighted by Crippen LogP contribution is -2.40. The van der Waals surface area contributed by atoms with Crippen LogP contribution in [0.3, 0.4) is 0 Å². The molecular weight excluding hydrogens is 200 g/mol. The molecule has 0 aliphatic carbocycles. The third-order valence-corrected chi connectivity index (χ3v) is 3.17. The maximum Gasteiger partial charge on any atom is 0.282 e. The summed E-state index contributed by atoms with van der Waals surface area (Å²) in [5.74, 6) is 1.16. The minimum absolute atomic E-state index is 0.612. The number of hydrogen-bond acceptors (Lipinski definition) is 2. The predicted molar refractivity (Wildman–Crippen MR) is 59.5 cm³/mol. The molecule has 2 nitrogen and oxygen atoms in total. The van der Waals surface area contributed by atoms with Crippen molar-refractivity contribution in [3.63, 3.8) is 0 Å². The second-order valence-corrected chi connectivity index (χ2v) is 4.31. The van der Waals surface area contributed by atoms with Gasteiger partial charge in [-0.2, -0.15) is 0 Å². The Morgan fingerprint density at radius 3 is 2.38 bits per heavy atom. The molecule has 4 bridgehead atoms. The molecule has 0 fully saturated rings. The van der Waals surface area contributed by atoms with Gasteiger partial charge in [-0.25, -0.2) is 0 Å². The molecule has 0 saturated heterocycles. The standard InChI is InChI=1S/C14H10O2/c1-3-10-7-12(5-1)15-14(9-10)11-4-2-6-13(8-11)16-14/h1-8H,9H2. The highest BCUT2D eigenvalue weighted by molar-refractivity contribution is 5.43. The van der Waals surface area contributed by atoms with Crippen LogP contribution in [0.25, 0.3) is 0 Å². The molecule has 0 saturated carbocycles. The minimum atomic E-state index is -0.612. The van der Waals surface area contributed by atoms with Gasteiger partial charge in [0.05, 0.1) is 6.42 Å². The highest BCUT2D eigenvalue weighted by Crippen LogP contribution is 2.43. The molecule has 1 atom stereocenters. The van der Waals surface area contributed by atoms with Gasteiger partial charge in [0.2, 0.25) is 0 Å². The van der Waals surface area contributed by atoms with E-state index < -0.39 is 5.79 Å². The van der Waals surface area contributed by atoms with E-state index in [4.69, 9.17) is 9.47 Å². The summed E-state index contributed by atoms with van der Waals surface area (Å²) in [6.07, 6.45) is 0.772. The highest BCUT2D eigenvalue weighted by atomic mass is 16.7. The Morgan fingerprint density at radius 2 is 1.62 bits per heavy atom. The molecule has 0 radical (unpaired) electrons. The van der Waals surface area contributed by atoms with Gasteiger partial charge in [0.25, 0.3) is 5.79 Å². The Bertz CT molecular complexity index is 553. The van der Waals surface area contributed by atoms with Crippen molar-refractivity contribution in [2.45, 2.75) is 12.2 Å². The Balaban J connectivity index is 1.86. The zero-order chi connectivity index (χ0) is 10.6. The van der Waals surface area contributed by atoms with E-state index in [1.165, 1.54) is 5.56 Å². The van der Waals surface area contributed by atoms with Crippen LogP contribution in [-0.2, 0) is 12.2 Å². The SMILES string of the molecule is c1cc2cc(c1)OC1(C2)Oc2cccc1c2. The average molecular weight is 210 g/mol. The second kappa shape index (κ2) is 2.59. The summed E-state index contributed by atoms with van der Waals surface area (Å²) in [4.78, 5) is 0. The Kier molecular flexibility index (Phi) is 1.33. The van der Waals surface area contributed by atoms with E-state index in [1.807, 2.05) is 30.3 Å². The largest absolute Gasteiger partial charge is 0.448 e. The quantitative estimate of drug-likeness (QED) is 0.665. The number of fused-ring (bicyclic) bond motifs is 5. The van der Waals surface area contributed by atoms with Crippen LogP contribution in [0, 0.1) is 0 Å². The fraction of sp³-hybridized carbons (Fsp3) is 0.143. The van der Waals surface area contributed by atoms with Crippen LogP contribution in [0.4, 0.5) is 0 Å². The van der Waals surface area contributed by atoms with Crippen molar-refractivity contribution < 1.29 is 9.47 Å². The Morgan fingerprint density at radius 1 is 0.875 bits per heavy atom. The van der Waals surface area contributed by atoms with Crippen LogP contribution in [0.5, 0.6) is 11.5 Å². The van der Waals surface area contributed by atoms with Crippen molar-refractivity contribution in [3.8, 4) is 11.5 Å². The first-order valence-corrected chi connectivity index (χ1v) is 5.42. The second-order valence-electron chi connectivity index (χ2n) is 4.31. The third kappa shape index (κ3) is 0.963. The molecule has 1 spiro atoms. The van der Waals surface area contributed by atoms with Crippen molar-refractivity contribution in [3.05, 3.63) is 59.7 Å². The number of benzene rings is 2. The molecule has 2 aromatic rings. The van der Waals surface area contributed by atoms with Crippen LogP contribution >= 0.6 is 0 Å². The van der Waals surface area contributed by atoms with Gasteiger partial charge in [-0.3, -0.25) is 0 Å². The van der Waals surface area contributed by atoms with E-state index in [1.54, 1.807) is 0 Å². The molecule has 2 heterocycles. The summed E-state index contributed by atoms with van der Waals surface area (Å²) in [7, 11) is 0. The van der Waals surface area contributed by atoms with Gasteiger partial charge in [0, 0.05) is 5.56 Å². The molecule has 2 aliphatic heterocycles. The lowest BCUT2D eigenvalue weighted by molar-refractivity contribution is -0.115. The van der Waals surface area contributed by atoms with E-state index in [2.05, 4.69) is 18.2 Å². The first kappa shape index (κ1) is 8.22. The van der Waals surface area contributed by atoms with E-state index in [0.29, 0.717) is 0 Å². The van der Waals surface area contributed by atoms with Crippen molar-refractivity contribution in [1.82, 2.24) is 0 Å². The van der Waals surface area contributed by atoms with E-state index in [9.17, 15) is 0 Å². The van der Waals surface area contributed by atoms with Gasteiger partial charge in [-0.15, -0.1) is 0 Å². The average Bonchev–Trinajstić information content (AvgIpc) is 2.50. The molecule has 16 heavy (non-hydrogen) atoms. The van der Waals surface area contributed by atoms with Gasteiger partial charge >= 0.3 is 0 Å². The number of rotatable bonds is 0. The normalized spacial score (nSPS) is 24.0. The van der Waals surface area contributed by atoms with Crippen molar-refractivity contribution in [1.29, 1.82) is 0 Å². The molecule has 4 rings (SSSR count). The van der Waals surface area contributed by atoms with Crippen molar-refractivity contribution >= 4 is 0 Å². The molecule has 0 amide bonds. The smallest absolute Gasteiger partial charge is 0.282 e. The maximum absolute atomic E-state index is 5.97. The highest BCUT2D eigenvalue weighted by Gasteiger charge is 2.43. The Hall–Kier alpha value is -1.96. The van der Waals surface area contributed by atoms with Gasteiger partial charge in [-0.05, 0) is 29.8 Å². The van der Waals surface area contributed by atoms with Gasteiger partial charge < -0.3 is 9.47 Å². The third-order valence-electron chi connectivity index (χ3n) is 3.17. The van der Waals surface area contributed by atoms with Crippen LogP contribution in [0.1, 0.15) is 11.1 Å². The molecule has 1 unspecified atom stereocenters. The molecule has 78 valence electrons. The van der Waals surface area contributed by atoms with Crippen LogP contribution in [-0.4, -0.2) is 0 Å². The molecule has 0 aromatic heterocycles. The summed E-state index contributed by atoms with van der Waals surface area (Å²) in [5.41, 5.74) is 2.36. The van der Waals surface area contributed by atoms with Gasteiger partial charge in [-0.1, -0.05) is 24.3 Å².